The summed E-state index contributed by atoms with van der Waals surface area (Å²) in [5.41, 5.74) is 3.02. The molecule has 0 saturated carbocycles. The minimum Gasteiger partial charge on any atom is -0.461 e. The van der Waals surface area contributed by atoms with Gasteiger partial charge in [-0.2, -0.15) is 0 Å². The molecule has 0 spiro atoms. The van der Waals surface area contributed by atoms with Crippen LogP contribution in [0.4, 0.5) is 0 Å². The Hall–Kier alpha value is -3.13. The fraction of sp³-hybridized carbons (Fsp3) is 0.273. The maximum absolute atomic E-state index is 12.7. The molecule has 0 aromatic carbocycles. The summed E-state index contributed by atoms with van der Waals surface area (Å²) in [7, 11) is 0. The summed E-state index contributed by atoms with van der Waals surface area (Å²) >= 11 is 1.30. The molecule has 8 heteroatoms. The molecule has 3 rings (SSSR count). The number of thioether (sulfide) groups is 1. The molecule has 3 heterocycles. The zero-order chi connectivity index (χ0) is 21.8. The van der Waals surface area contributed by atoms with Gasteiger partial charge in [0.1, 0.15) is 10.6 Å². The first-order valence-electron chi connectivity index (χ1n) is 9.31. The Kier molecular flexibility index (Phi) is 6.56. The largest absolute Gasteiger partial charge is 0.461 e. The minimum absolute atomic E-state index is 0.253. The highest BCUT2D eigenvalue weighted by molar-refractivity contribution is 7.98. The Balaban J connectivity index is 1.79. The third-order valence-electron chi connectivity index (χ3n) is 4.72. The standard InChI is InChI=1S/C22H23N3O4S/c1-6-9-25-13(2)11-16(15(25)4)17(26)12-29-22(27)19-14(3)23-20(24-21(19)30-5)18-8-7-10-28-18/h6-8,10-11H,1,9,12H2,2-5H3. The van der Waals surface area contributed by atoms with Gasteiger partial charge in [-0.15, -0.1) is 18.3 Å². The molecule has 0 bridgehead atoms. The number of furan rings is 1. The van der Waals surface area contributed by atoms with E-state index in [1.54, 1.807) is 31.2 Å². The first-order valence-corrected chi connectivity index (χ1v) is 10.5. The van der Waals surface area contributed by atoms with Crippen molar-refractivity contribution in [3.8, 4) is 11.6 Å². The third kappa shape index (κ3) is 4.23. The lowest BCUT2D eigenvalue weighted by Crippen LogP contribution is -2.17. The number of allylic oxidation sites excluding steroid dienone is 1. The van der Waals surface area contributed by atoms with Gasteiger partial charge in [0, 0.05) is 23.5 Å². The Labute approximate surface area is 179 Å². The highest BCUT2D eigenvalue weighted by Gasteiger charge is 2.23. The monoisotopic (exact) mass is 425 g/mol. The quantitative estimate of drug-likeness (QED) is 0.174. The van der Waals surface area contributed by atoms with E-state index in [1.165, 1.54) is 18.0 Å². The topological polar surface area (TPSA) is 87.2 Å². The average molecular weight is 426 g/mol. The van der Waals surface area contributed by atoms with Crippen LogP contribution in [0, 0.1) is 20.8 Å². The van der Waals surface area contributed by atoms with Crippen molar-refractivity contribution in [3.05, 3.63) is 65.3 Å². The van der Waals surface area contributed by atoms with Crippen LogP contribution in [0.3, 0.4) is 0 Å². The SMILES string of the molecule is C=CCn1c(C)cc(C(=O)COC(=O)c2c(C)nc(-c3ccco3)nc2SC)c1C. The summed E-state index contributed by atoms with van der Waals surface area (Å²) in [4.78, 5) is 34.2. The molecule has 0 unspecified atom stereocenters. The van der Waals surface area contributed by atoms with E-state index in [-0.39, 0.29) is 18.0 Å². The van der Waals surface area contributed by atoms with Crippen LogP contribution in [0.2, 0.25) is 0 Å². The van der Waals surface area contributed by atoms with Crippen molar-refractivity contribution in [3.63, 3.8) is 0 Å². The van der Waals surface area contributed by atoms with Crippen LogP contribution in [0.15, 0.2) is 46.6 Å². The highest BCUT2D eigenvalue weighted by Crippen LogP contribution is 2.26. The summed E-state index contributed by atoms with van der Waals surface area (Å²) in [6.07, 6.45) is 5.12. The Morgan fingerprint density at radius 3 is 2.70 bits per heavy atom. The number of aryl methyl sites for hydroxylation is 2. The van der Waals surface area contributed by atoms with Gasteiger partial charge in [0.2, 0.25) is 5.78 Å². The van der Waals surface area contributed by atoms with Crippen molar-refractivity contribution in [2.45, 2.75) is 32.3 Å². The molecule has 30 heavy (non-hydrogen) atoms. The summed E-state index contributed by atoms with van der Waals surface area (Å²) < 4.78 is 12.7. The van der Waals surface area contributed by atoms with Gasteiger partial charge >= 0.3 is 5.97 Å². The maximum Gasteiger partial charge on any atom is 0.343 e. The number of nitrogens with zero attached hydrogens (tertiary/aromatic N) is 3. The molecule has 3 aromatic rings. The predicted octanol–water partition coefficient (Wildman–Crippen LogP) is 4.41. The van der Waals surface area contributed by atoms with Gasteiger partial charge in [-0.25, -0.2) is 14.8 Å². The zero-order valence-corrected chi connectivity index (χ0v) is 18.2. The van der Waals surface area contributed by atoms with Gasteiger partial charge in [0.15, 0.2) is 18.2 Å². The van der Waals surface area contributed by atoms with Crippen LogP contribution in [0.5, 0.6) is 0 Å². The van der Waals surface area contributed by atoms with E-state index in [0.717, 1.165) is 11.4 Å². The molecule has 0 radical (unpaired) electrons. The number of rotatable bonds is 8. The fourth-order valence-electron chi connectivity index (χ4n) is 3.22. The molecule has 7 nitrogen and oxygen atoms in total. The van der Waals surface area contributed by atoms with Crippen molar-refractivity contribution >= 4 is 23.5 Å². The number of ketones is 1. The number of esters is 1. The number of aromatic nitrogens is 3. The lowest BCUT2D eigenvalue weighted by Gasteiger charge is -2.11. The van der Waals surface area contributed by atoms with E-state index in [2.05, 4.69) is 16.5 Å². The second-order valence-corrected chi connectivity index (χ2v) is 7.47. The van der Waals surface area contributed by atoms with Gasteiger partial charge in [-0.05, 0) is 45.2 Å². The zero-order valence-electron chi connectivity index (χ0n) is 17.4. The van der Waals surface area contributed by atoms with Crippen molar-refractivity contribution in [2.75, 3.05) is 12.9 Å². The molecular formula is C22H23N3O4S. The third-order valence-corrected chi connectivity index (χ3v) is 5.40. The van der Waals surface area contributed by atoms with Crippen LogP contribution in [0.1, 0.15) is 37.8 Å². The predicted molar refractivity (Wildman–Crippen MR) is 115 cm³/mol. The summed E-state index contributed by atoms with van der Waals surface area (Å²) in [5.74, 6) is 0.0156. The number of hydrogen-bond donors (Lipinski definition) is 0. The Morgan fingerprint density at radius 2 is 2.07 bits per heavy atom. The van der Waals surface area contributed by atoms with E-state index < -0.39 is 5.97 Å². The Morgan fingerprint density at radius 1 is 1.30 bits per heavy atom. The number of carbonyl (C=O) groups excluding carboxylic acids is 2. The summed E-state index contributed by atoms with van der Waals surface area (Å²) in [6, 6.07) is 5.29. The molecular weight excluding hydrogens is 402 g/mol. The second kappa shape index (κ2) is 9.13. The van der Waals surface area contributed by atoms with Crippen LogP contribution in [-0.4, -0.2) is 39.2 Å². The van der Waals surface area contributed by atoms with Crippen molar-refractivity contribution in [2.24, 2.45) is 0 Å². The minimum atomic E-state index is -0.629. The molecule has 0 N–H and O–H groups in total. The van der Waals surface area contributed by atoms with Crippen molar-refractivity contribution in [1.29, 1.82) is 0 Å². The first kappa shape index (κ1) is 21.6. The Bertz CT molecular complexity index is 1100. The van der Waals surface area contributed by atoms with Crippen LogP contribution in [-0.2, 0) is 11.3 Å². The number of carbonyl (C=O) groups is 2. The number of ether oxygens (including phenoxy) is 1. The van der Waals surface area contributed by atoms with Crippen molar-refractivity contribution < 1.29 is 18.7 Å². The lowest BCUT2D eigenvalue weighted by atomic mass is 10.1. The van der Waals surface area contributed by atoms with Crippen molar-refractivity contribution in [1.82, 2.24) is 14.5 Å². The molecule has 0 aliphatic carbocycles. The van der Waals surface area contributed by atoms with Crippen LogP contribution in [0.25, 0.3) is 11.6 Å². The van der Waals surface area contributed by atoms with E-state index in [4.69, 9.17) is 9.15 Å². The molecule has 0 amide bonds. The second-order valence-electron chi connectivity index (χ2n) is 6.68. The summed E-state index contributed by atoms with van der Waals surface area (Å²) in [5, 5.41) is 0.468. The van der Waals surface area contributed by atoms with Gasteiger partial charge in [0.25, 0.3) is 0 Å². The van der Waals surface area contributed by atoms with Crippen LogP contribution >= 0.6 is 11.8 Å². The van der Waals surface area contributed by atoms with Gasteiger partial charge in [0.05, 0.1) is 12.0 Å². The lowest BCUT2D eigenvalue weighted by molar-refractivity contribution is 0.0469. The van der Waals surface area contributed by atoms with E-state index in [0.29, 0.717) is 34.4 Å². The van der Waals surface area contributed by atoms with Gasteiger partial charge < -0.3 is 13.7 Å². The van der Waals surface area contributed by atoms with Gasteiger partial charge in [-0.1, -0.05) is 6.08 Å². The number of hydrogen-bond acceptors (Lipinski definition) is 7. The first-order chi connectivity index (χ1) is 14.4. The molecule has 0 aliphatic heterocycles. The van der Waals surface area contributed by atoms with E-state index in [1.807, 2.05) is 24.7 Å². The molecule has 156 valence electrons. The molecule has 3 aromatic heterocycles. The van der Waals surface area contributed by atoms with Crippen LogP contribution < -0.4 is 0 Å². The molecule has 0 saturated heterocycles. The van der Waals surface area contributed by atoms with E-state index in [9.17, 15) is 9.59 Å². The molecule has 0 fully saturated rings. The summed E-state index contributed by atoms with van der Waals surface area (Å²) in [6.45, 7) is 9.48. The average Bonchev–Trinajstić information content (AvgIpc) is 3.35. The number of Topliss-reactive ketones (excluding diaryl/α,β-unsaturated/α-hetero) is 1. The molecule has 0 aliphatic rings. The maximum atomic E-state index is 12.7. The smallest absolute Gasteiger partial charge is 0.343 e. The van der Waals surface area contributed by atoms with E-state index >= 15 is 0 Å². The normalized spacial score (nSPS) is 10.8. The fourth-order valence-corrected chi connectivity index (χ4v) is 3.83. The van der Waals surface area contributed by atoms with Gasteiger partial charge in [-0.3, -0.25) is 4.79 Å². The molecule has 0 atom stereocenters. The highest BCUT2D eigenvalue weighted by atomic mass is 32.2.